The number of alkyl halides is 3. The minimum atomic E-state index is -4.94. The number of hydrogen-bond donors (Lipinski definition) is 1. The molecule has 0 aliphatic heterocycles. The minimum absolute atomic E-state index is 0.0321. The smallest absolute Gasteiger partial charge is 0.419 e. The molecule has 0 aliphatic rings. The lowest BCUT2D eigenvalue weighted by atomic mass is 9.99. The SMILES string of the molecule is CC[C@H](C)[C@H](NC(=O)OC(C)(C)C)C(=O)OCn1c(-c2ccc(C(F)(F)F)c(F)c2)csc1=NC(=O)Cc1csc2c1c(=O)n(C)c(=O)n2C. The van der Waals surface area contributed by atoms with Gasteiger partial charge in [0.2, 0.25) is 0 Å². The molecule has 0 saturated carbocycles. The van der Waals surface area contributed by atoms with E-state index in [9.17, 15) is 41.5 Å². The van der Waals surface area contributed by atoms with Gasteiger partial charge in [-0.25, -0.2) is 18.8 Å². The molecule has 4 aromatic rings. The van der Waals surface area contributed by atoms with Crippen molar-refractivity contribution in [3.63, 3.8) is 0 Å². The number of carbonyl (C=O) groups excluding carboxylic acids is 3. The number of alkyl carbamates (subject to hydrolysis) is 1. The second-order valence-electron chi connectivity index (χ2n) is 12.5. The number of thiophene rings is 1. The summed E-state index contributed by atoms with van der Waals surface area (Å²) < 4.78 is 68.7. The van der Waals surface area contributed by atoms with Crippen LogP contribution in [0, 0.1) is 11.7 Å². The van der Waals surface area contributed by atoms with Crippen LogP contribution in [0.3, 0.4) is 0 Å². The number of nitrogens with one attached hydrogen (secondary N) is 1. The van der Waals surface area contributed by atoms with E-state index < -0.39 is 71.1 Å². The van der Waals surface area contributed by atoms with Crippen LogP contribution in [-0.4, -0.2) is 43.3 Å². The Morgan fingerprint density at radius 2 is 1.72 bits per heavy atom. The van der Waals surface area contributed by atoms with Crippen molar-refractivity contribution >= 4 is 50.9 Å². The fourth-order valence-corrected chi connectivity index (χ4v) is 6.80. The fraction of sp³-hybridized carbons (Fsp3) is 0.438. The summed E-state index contributed by atoms with van der Waals surface area (Å²) in [5.74, 6) is -3.57. The molecule has 0 bridgehead atoms. The van der Waals surface area contributed by atoms with Gasteiger partial charge in [-0.05, 0) is 49.8 Å². The Hall–Kier alpha value is -4.58. The van der Waals surface area contributed by atoms with Crippen LogP contribution in [0.4, 0.5) is 22.4 Å². The maximum Gasteiger partial charge on any atom is 0.419 e. The molecule has 4 rings (SSSR count). The molecule has 2 atom stereocenters. The molecule has 3 heterocycles. The molecular weight excluding hydrogens is 707 g/mol. The lowest BCUT2D eigenvalue weighted by molar-refractivity contribution is -0.151. The number of nitrogens with zero attached hydrogens (tertiary/aromatic N) is 4. The molecule has 0 aliphatic carbocycles. The van der Waals surface area contributed by atoms with E-state index in [1.807, 2.05) is 0 Å². The molecule has 12 nitrogen and oxygen atoms in total. The average Bonchev–Trinajstić information content (AvgIpc) is 3.62. The van der Waals surface area contributed by atoms with Crippen LogP contribution >= 0.6 is 22.7 Å². The zero-order chi connectivity index (χ0) is 37.3. The third-order valence-electron chi connectivity index (χ3n) is 7.65. The molecule has 3 aromatic heterocycles. The van der Waals surface area contributed by atoms with Gasteiger partial charge in [0.1, 0.15) is 22.3 Å². The van der Waals surface area contributed by atoms with Gasteiger partial charge in [-0.15, -0.1) is 22.7 Å². The highest BCUT2D eigenvalue weighted by atomic mass is 32.1. The molecule has 0 saturated heterocycles. The normalized spacial score (nSPS) is 13.7. The van der Waals surface area contributed by atoms with Crippen molar-refractivity contribution in [2.75, 3.05) is 0 Å². The highest BCUT2D eigenvalue weighted by molar-refractivity contribution is 7.17. The van der Waals surface area contributed by atoms with Crippen molar-refractivity contribution in [3.8, 4) is 11.3 Å². The fourth-order valence-electron chi connectivity index (χ4n) is 4.86. The van der Waals surface area contributed by atoms with E-state index in [-0.39, 0.29) is 27.9 Å². The lowest BCUT2D eigenvalue weighted by Gasteiger charge is -2.25. The van der Waals surface area contributed by atoms with E-state index in [2.05, 4.69) is 10.3 Å². The number of aromatic nitrogens is 3. The van der Waals surface area contributed by atoms with Gasteiger partial charge in [0.15, 0.2) is 11.5 Å². The zero-order valence-electron chi connectivity index (χ0n) is 28.1. The van der Waals surface area contributed by atoms with Gasteiger partial charge in [-0.1, -0.05) is 26.3 Å². The van der Waals surface area contributed by atoms with Gasteiger partial charge in [0.05, 0.1) is 23.1 Å². The summed E-state index contributed by atoms with van der Waals surface area (Å²) in [7, 11) is 2.81. The summed E-state index contributed by atoms with van der Waals surface area (Å²) in [4.78, 5) is 68.8. The number of fused-ring (bicyclic) bond motifs is 1. The van der Waals surface area contributed by atoms with Crippen LogP contribution in [0.15, 0.2) is 43.5 Å². The van der Waals surface area contributed by atoms with Crippen molar-refractivity contribution < 1.29 is 41.4 Å². The quantitative estimate of drug-likeness (QED) is 0.186. The third-order valence-corrected chi connectivity index (χ3v) is 9.62. The van der Waals surface area contributed by atoms with Crippen LogP contribution in [0.1, 0.15) is 52.2 Å². The molecule has 0 spiro atoms. The van der Waals surface area contributed by atoms with Crippen molar-refractivity contribution in [3.05, 3.63) is 71.5 Å². The Bertz CT molecular complexity index is 2140. The monoisotopic (exact) mass is 741 g/mol. The summed E-state index contributed by atoms with van der Waals surface area (Å²) >= 11 is 1.97. The molecule has 0 fully saturated rings. The van der Waals surface area contributed by atoms with E-state index in [0.717, 1.165) is 33.3 Å². The molecule has 1 N–H and O–H groups in total. The number of esters is 1. The standard InChI is InChI=1S/C32H35F4N5O7S2/c1-8-16(2)24(38-29(45)48-31(3,4)5)27(44)47-15-41-21(17-9-10-19(20(33)11-17)32(34,35)36)14-50-28(41)37-22(42)12-18-13-49-26-23(18)25(43)39(6)30(46)40(26)7/h9-11,13-14,16,24H,8,12,15H2,1-7H3,(H,38,45)/t16-,24-/m0/s1. The van der Waals surface area contributed by atoms with Gasteiger partial charge in [-0.2, -0.15) is 18.2 Å². The van der Waals surface area contributed by atoms with Crippen LogP contribution < -0.4 is 21.4 Å². The van der Waals surface area contributed by atoms with Crippen molar-refractivity contribution in [2.24, 2.45) is 25.0 Å². The lowest BCUT2D eigenvalue weighted by Crippen LogP contribution is -2.48. The zero-order valence-corrected chi connectivity index (χ0v) is 29.8. The summed E-state index contributed by atoms with van der Waals surface area (Å²) in [6.07, 6.45) is -5.70. The highest BCUT2D eigenvalue weighted by Crippen LogP contribution is 2.33. The summed E-state index contributed by atoms with van der Waals surface area (Å²) in [5.41, 5.74) is -3.10. The van der Waals surface area contributed by atoms with Crippen LogP contribution in [0.5, 0.6) is 0 Å². The number of ether oxygens (including phenoxy) is 2. The Morgan fingerprint density at radius 3 is 2.32 bits per heavy atom. The van der Waals surface area contributed by atoms with Gasteiger partial charge in [0, 0.05) is 25.0 Å². The number of halogens is 4. The molecule has 50 heavy (non-hydrogen) atoms. The van der Waals surface area contributed by atoms with Crippen LogP contribution in [0.2, 0.25) is 0 Å². The first kappa shape index (κ1) is 38.2. The Morgan fingerprint density at radius 1 is 1.04 bits per heavy atom. The van der Waals surface area contributed by atoms with E-state index in [0.29, 0.717) is 28.9 Å². The number of thiazole rings is 1. The molecule has 18 heteroatoms. The van der Waals surface area contributed by atoms with E-state index in [4.69, 9.17) is 9.47 Å². The van der Waals surface area contributed by atoms with Gasteiger partial charge in [-0.3, -0.25) is 23.3 Å². The number of benzene rings is 1. The maximum absolute atomic E-state index is 14.6. The Labute approximate surface area is 290 Å². The van der Waals surface area contributed by atoms with Gasteiger partial charge < -0.3 is 14.8 Å². The third kappa shape index (κ3) is 8.40. The maximum atomic E-state index is 14.6. The molecular formula is C32H35F4N5O7S2. The van der Waals surface area contributed by atoms with E-state index in [1.165, 1.54) is 28.6 Å². The highest BCUT2D eigenvalue weighted by Gasteiger charge is 2.34. The second-order valence-corrected chi connectivity index (χ2v) is 14.1. The first-order chi connectivity index (χ1) is 23.2. The van der Waals surface area contributed by atoms with E-state index in [1.54, 1.807) is 40.0 Å². The predicted octanol–water partition coefficient (Wildman–Crippen LogP) is 5.10. The first-order valence-electron chi connectivity index (χ1n) is 15.2. The number of hydrogen-bond acceptors (Lipinski definition) is 9. The molecule has 0 unspecified atom stereocenters. The van der Waals surface area contributed by atoms with Crippen molar-refractivity contribution in [2.45, 2.75) is 72.0 Å². The van der Waals surface area contributed by atoms with Crippen LogP contribution in [-0.2, 0) is 52.5 Å². The van der Waals surface area contributed by atoms with Gasteiger partial charge >= 0.3 is 23.9 Å². The van der Waals surface area contributed by atoms with Crippen molar-refractivity contribution in [1.82, 2.24) is 19.0 Å². The summed E-state index contributed by atoms with van der Waals surface area (Å²) in [6.45, 7) is 7.82. The second kappa shape index (κ2) is 14.7. The van der Waals surface area contributed by atoms with Gasteiger partial charge in [0.25, 0.3) is 11.5 Å². The Kier molecular flexibility index (Phi) is 11.3. The number of rotatable bonds is 9. The first-order valence-corrected chi connectivity index (χ1v) is 16.9. The molecule has 2 amide bonds. The number of aryl methyl sites for hydroxylation is 1. The molecule has 1 aromatic carbocycles. The summed E-state index contributed by atoms with van der Waals surface area (Å²) in [5, 5.41) is 5.64. The average molecular weight is 742 g/mol. The predicted molar refractivity (Wildman–Crippen MR) is 178 cm³/mol. The number of carbonyl (C=O) groups is 3. The minimum Gasteiger partial charge on any atom is -0.444 e. The number of amides is 2. The Balaban J connectivity index is 1.73. The van der Waals surface area contributed by atoms with Crippen molar-refractivity contribution in [1.29, 1.82) is 0 Å². The van der Waals surface area contributed by atoms with E-state index >= 15 is 0 Å². The molecule has 270 valence electrons. The topological polar surface area (TPSA) is 143 Å². The summed E-state index contributed by atoms with van der Waals surface area (Å²) in [6, 6.07) is 1.10. The largest absolute Gasteiger partial charge is 0.444 e. The molecule has 0 radical (unpaired) electrons. The van der Waals surface area contributed by atoms with Crippen LogP contribution in [0.25, 0.3) is 21.5 Å².